The summed E-state index contributed by atoms with van der Waals surface area (Å²) in [4.78, 5) is 24.5. The molecule has 2 rings (SSSR count). The molecule has 0 heterocycles. The van der Waals surface area contributed by atoms with Crippen molar-refractivity contribution in [3.63, 3.8) is 0 Å². The van der Waals surface area contributed by atoms with E-state index in [4.69, 9.17) is 23.8 Å². The highest BCUT2D eigenvalue weighted by atomic mass is 35.5. The zero-order valence-electron chi connectivity index (χ0n) is 15.4. The summed E-state index contributed by atoms with van der Waals surface area (Å²) in [5, 5.41) is 9.20. The monoisotopic (exact) mass is 395 g/mol. The molecular formula is C19H26ClN3O2S. The Kier molecular flexibility index (Phi) is 7.01. The molecular weight excluding hydrogens is 370 g/mol. The van der Waals surface area contributed by atoms with E-state index in [1.54, 1.807) is 39.0 Å². The lowest BCUT2D eigenvalue weighted by Crippen LogP contribution is -2.41. The van der Waals surface area contributed by atoms with Crippen LogP contribution in [0.25, 0.3) is 0 Å². The summed E-state index contributed by atoms with van der Waals surface area (Å²) in [6.45, 7) is 5.42. The molecule has 142 valence electrons. The third kappa shape index (κ3) is 5.95. The first kappa shape index (κ1) is 20.6. The molecule has 1 aromatic rings. The molecule has 2 amide bonds. The van der Waals surface area contributed by atoms with Crippen LogP contribution in [0.1, 0.15) is 63.2 Å². The Morgan fingerprint density at radius 1 is 1.15 bits per heavy atom. The van der Waals surface area contributed by atoms with Gasteiger partial charge in [-0.15, -0.1) is 0 Å². The lowest BCUT2D eigenvalue weighted by atomic mass is 9.95. The Hall–Kier alpha value is -1.66. The largest absolute Gasteiger partial charge is 0.349 e. The topological polar surface area (TPSA) is 70.2 Å². The van der Waals surface area contributed by atoms with Crippen molar-refractivity contribution in [2.75, 3.05) is 5.32 Å². The number of carbonyl (C=O) groups excluding carboxylic acids is 2. The third-order valence-corrected chi connectivity index (χ3v) is 4.85. The Labute approximate surface area is 165 Å². The van der Waals surface area contributed by atoms with Crippen LogP contribution in [-0.2, 0) is 4.79 Å². The van der Waals surface area contributed by atoms with Gasteiger partial charge in [0.1, 0.15) is 0 Å². The van der Waals surface area contributed by atoms with Gasteiger partial charge in [0.25, 0.3) is 5.91 Å². The molecule has 0 aliphatic heterocycles. The summed E-state index contributed by atoms with van der Waals surface area (Å²) >= 11 is 11.4. The highest BCUT2D eigenvalue weighted by Gasteiger charge is 2.22. The van der Waals surface area contributed by atoms with Crippen molar-refractivity contribution in [1.29, 1.82) is 0 Å². The Bertz CT molecular complexity index is 695. The summed E-state index contributed by atoms with van der Waals surface area (Å²) in [5.41, 5.74) is 0.450. The molecule has 1 aliphatic carbocycles. The van der Waals surface area contributed by atoms with Gasteiger partial charge in [0, 0.05) is 17.1 Å². The van der Waals surface area contributed by atoms with E-state index in [1.165, 1.54) is 6.42 Å². The quantitative estimate of drug-likeness (QED) is 0.668. The van der Waals surface area contributed by atoms with Crippen LogP contribution in [0.2, 0.25) is 5.02 Å². The second kappa shape index (κ2) is 8.82. The number of hydrogen-bond acceptors (Lipinski definition) is 3. The van der Waals surface area contributed by atoms with Gasteiger partial charge in [-0.05, 0) is 43.3 Å². The number of nitrogens with one attached hydrogen (secondary N) is 3. The molecule has 1 saturated carbocycles. The van der Waals surface area contributed by atoms with Crippen molar-refractivity contribution in [3.05, 3.63) is 28.8 Å². The van der Waals surface area contributed by atoms with Crippen molar-refractivity contribution >= 4 is 46.4 Å². The predicted molar refractivity (Wildman–Crippen MR) is 110 cm³/mol. The summed E-state index contributed by atoms with van der Waals surface area (Å²) in [6, 6.07) is 5.22. The van der Waals surface area contributed by atoms with Crippen LogP contribution in [0.15, 0.2) is 18.2 Å². The van der Waals surface area contributed by atoms with E-state index in [0.29, 0.717) is 16.3 Å². The van der Waals surface area contributed by atoms with E-state index in [9.17, 15) is 9.59 Å². The summed E-state index contributed by atoms with van der Waals surface area (Å²) < 4.78 is 0. The van der Waals surface area contributed by atoms with E-state index in [0.717, 1.165) is 25.7 Å². The predicted octanol–water partition coefficient (Wildman–Crippen LogP) is 4.26. The molecule has 26 heavy (non-hydrogen) atoms. The van der Waals surface area contributed by atoms with Crippen LogP contribution >= 0.6 is 23.8 Å². The molecule has 0 unspecified atom stereocenters. The highest BCUT2D eigenvalue weighted by molar-refractivity contribution is 7.80. The number of halogens is 1. The van der Waals surface area contributed by atoms with Gasteiger partial charge in [-0.1, -0.05) is 51.6 Å². The normalized spacial score (nSPS) is 15.2. The number of benzene rings is 1. The van der Waals surface area contributed by atoms with E-state index >= 15 is 0 Å². The number of thiocarbonyl (C=S) groups is 1. The van der Waals surface area contributed by atoms with Crippen LogP contribution < -0.4 is 16.0 Å². The number of carbonyl (C=O) groups is 2. The molecule has 0 aromatic heterocycles. The van der Waals surface area contributed by atoms with Crippen molar-refractivity contribution < 1.29 is 9.59 Å². The lowest BCUT2D eigenvalue weighted by molar-refractivity contribution is -0.126. The number of rotatable bonds is 3. The van der Waals surface area contributed by atoms with E-state index < -0.39 is 5.41 Å². The maximum absolute atomic E-state index is 12.6. The fourth-order valence-electron chi connectivity index (χ4n) is 2.74. The van der Waals surface area contributed by atoms with Gasteiger partial charge in [-0.25, -0.2) is 0 Å². The average molecular weight is 396 g/mol. The van der Waals surface area contributed by atoms with Crippen LogP contribution in [0.5, 0.6) is 0 Å². The standard InChI is InChI=1S/C19H26ClN3O2S/c1-19(2,3)17(25)23-18(26)22-13-9-10-15(20)14(11-13)16(24)21-12-7-5-4-6-8-12/h9-12H,4-8H2,1-3H3,(H,21,24)(H2,22,23,25,26). The highest BCUT2D eigenvalue weighted by Crippen LogP contribution is 2.23. The number of anilines is 1. The van der Waals surface area contributed by atoms with Crippen molar-refractivity contribution in [2.45, 2.75) is 58.9 Å². The molecule has 0 saturated heterocycles. The van der Waals surface area contributed by atoms with Crippen molar-refractivity contribution in [3.8, 4) is 0 Å². The van der Waals surface area contributed by atoms with Crippen molar-refractivity contribution in [2.24, 2.45) is 5.41 Å². The SMILES string of the molecule is CC(C)(C)C(=O)NC(=S)Nc1ccc(Cl)c(C(=O)NC2CCCCC2)c1. The van der Waals surface area contributed by atoms with Gasteiger partial charge in [0.05, 0.1) is 10.6 Å². The summed E-state index contributed by atoms with van der Waals surface area (Å²) in [6.07, 6.45) is 5.52. The molecule has 0 spiro atoms. The molecule has 3 N–H and O–H groups in total. The summed E-state index contributed by atoms with van der Waals surface area (Å²) in [7, 11) is 0. The fraction of sp³-hybridized carbons (Fsp3) is 0.526. The minimum absolute atomic E-state index is 0.181. The van der Waals surface area contributed by atoms with E-state index in [2.05, 4.69) is 16.0 Å². The maximum Gasteiger partial charge on any atom is 0.253 e. The van der Waals surface area contributed by atoms with Crippen LogP contribution in [-0.4, -0.2) is 23.0 Å². The Morgan fingerprint density at radius 3 is 2.42 bits per heavy atom. The molecule has 1 aliphatic rings. The molecule has 5 nitrogen and oxygen atoms in total. The van der Waals surface area contributed by atoms with Gasteiger partial charge in [0.15, 0.2) is 5.11 Å². The van der Waals surface area contributed by atoms with E-state index in [1.807, 2.05) is 0 Å². The Balaban J connectivity index is 2.02. The van der Waals surface area contributed by atoms with Gasteiger partial charge in [-0.3, -0.25) is 9.59 Å². The molecule has 0 bridgehead atoms. The molecule has 7 heteroatoms. The first-order chi connectivity index (χ1) is 12.2. The lowest BCUT2D eigenvalue weighted by Gasteiger charge is -2.23. The number of amides is 2. The second-order valence-corrected chi connectivity index (χ2v) is 8.48. The minimum atomic E-state index is -0.545. The van der Waals surface area contributed by atoms with Crippen LogP contribution in [0, 0.1) is 5.41 Å². The van der Waals surface area contributed by atoms with Gasteiger partial charge >= 0.3 is 0 Å². The zero-order valence-corrected chi connectivity index (χ0v) is 17.0. The van der Waals surface area contributed by atoms with Gasteiger partial charge in [0.2, 0.25) is 5.91 Å². The van der Waals surface area contributed by atoms with Crippen LogP contribution in [0.3, 0.4) is 0 Å². The van der Waals surface area contributed by atoms with Gasteiger partial charge in [-0.2, -0.15) is 0 Å². The first-order valence-corrected chi connectivity index (χ1v) is 9.68. The molecule has 1 aromatic carbocycles. The second-order valence-electron chi connectivity index (χ2n) is 7.66. The third-order valence-electron chi connectivity index (χ3n) is 4.32. The molecule has 1 fully saturated rings. The Morgan fingerprint density at radius 2 is 1.81 bits per heavy atom. The smallest absolute Gasteiger partial charge is 0.253 e. The van der Waals surface area contributed by atoms with Gasteiger partial charge < -0.3 is 16.0 Å². The molecule has 0 radical (unpaired) electrons. The first-order valence-electron chi connectivity index (χ1n) is 8.89. The van der Waals surface area contributed by atoms with Crippen LogP contribution in [0.4, 0.5) is 5.69 Å². The molecule has 0 atom stereocenters. The minimum Gasteiger partial charge on any atom is -0.349 e. The van der Waals surface area contributed by atoms with Crippen molar-refractivity contribution in [1.82, 2.24) is 10.6 Å². The fourth-order valence-corrected chi connectivity index (χ4v) is 3.15. The summed E-state index contributed by atoms with van der Waals surface area (Å²) in [5.74, 6) is -0.366. The van der Waals surface area contributed by atoms with E-state index in [-0.39, 0.29) is 23.0 Å². The average Bonchev–Trinajstić information content (AvgIpc) is 2.56. The maximum atomic E-state index is 12.6. The number of hydrogen-bond donors (Lipinski definition) is 3. The zero-order chi connectivity index (χ0) is 19.3.